The van der Waals surface area contributed by atoms with E-state index in [1.54, 1.807) is 4.57 Å². The average Bonchev–Trinajstić information content (AvgIpc) is 2.69. The molecule has 18 heavy (non-hydrogen) atoms. The maximum atomic E-state index is 12.4. The Bertz CT molecular complexity index is 548. The minimum Gasteiger partial charge on any atom is -0.468 e. The van der Waals surface area contributed by atoms with Gasteiger partial charge in [0.25, 0.3) is 0 Å². The smallest absolute Gasteiger partial charge is 0.416 e. The normalized spacial score (nSPS) is 11.6. The largest absolute Gasteiger partial charge is 0.468 e. The third-order valence-corrected chi connectivity index (χ3v) is 2.88. The minimum atomic E-state index is -4.34. The van der Waals surface area contributed by atoms with Crippen molar-refractivity contribution >= 4 is 15.9 Å². The monoisotopic (exact) mass is 320 g/mol. The Morgan fingerprint density at radius 2 is 1.83 bits per heavy atom. The maximum Gasteiger partial charge on any atom is 0.416 e. The lowest BCUT2D eigenvalue weighted by Gasteiger charge is -2.10. The Kier molecular flexibility index (Phi) is 3.34. The Hall–Kier alpha value is -1.50. The van der Waals surface area contributed by atoms with Gasteiger partial charge in [0.1, 0.15) is 4.60 Å². The lowest BCUT2D eigenvalue weighted by Crippen LogP contribution is -2.05. The van der Waals surface area contributed by atoms with E-state index in [0.29, 0.717) is 16.3 Å². The second kappa shape index (κ2) is 4.64. The summed E-state index contributed by atoms with van der Waals surface area (Å²) in [5.74, 6) is 0. The minimum absolute atomic E-state index is 0.293. The first-order valence-corrected chi connectivity index (χ1v) is 5.67. The molecule has 2 rings (SSSR count). The Morgan fingerprint density at radius 1 is 1.22 bits per heavy atom. The molecular formula is C11H8BrF3N2O. The molecule has 0 fully saturated rings. The summed E-state index contributed by atoms with van der Waals surface area (Å²) in [5, 5.41) is 0. The number of hydrogen-bond acceptors (Lipinski definition) is 2. The van der Waals surface area contributed by atoms with Gasteiger partial charge in [-0.25, -0.2) is 4.98 Å². The van der Waals surface area contributed by atoms with E-state index in [1.165, 1.54) is 25.4 Å². The van der Waals surface area contributed by atoms with Gasteiger partial charge in [-0.2, -0.15) is 13.2 Å². The lowest BCUT2D eigenvalue weighted by atomic mass is 10.2. The van der Waals surface area contributed by atoms with E-state index in [0.717, 1.165) is 12.1 Å². The molecule has 0 unspecified atom stereocenters. The SMILES string of the molecule is COc1ncc(Br)n1-c1ccc(C(F)(F)F)cc1. The molecule has 0 saturated carbocycles. The first kappa shape index (κ1) is 12.9. The van der Waals surface area contributed by atoms with Gasteiger partial charge in [0, 0.05) is 0 Å². The molecule has 0 atom stereocenters. The number of alkyl halides is 3. The molecule has 0 aliphatic rings. The first-order chi connectivity index (χ1) is 8.43. The van der Waals surface area contributed by atoms with E-state index in [4.69, 9.17) is 4.74 Å². The van der Waals surface area contributed by atoms with Crippen LogP contribution in [-0.4, -0.2) is 16.7 Å². The zero-order valence-corrected chi connectivity index (χ0v) is 10.8. The van der Waals surface area contributed by atoms with Crippen molar-refractivity contribution in [3.05, 3.63) is 40.6 Å². The number of ether oxygens (including phenoxy) is 1. The fourth-order valence-electron chi connectivity index (χ4n) is 1.49. The van der Waals surface area contributed by atoms with Crippen molar-refractivity contribution in [2.24, 2.45) is 0 Å². The summed E-state index contributed by atoms with van der Waals surface area (Å²) < 4.78 is 44.5. The van der Waals surface area contributed by atoms with Crippen molar-refractivity contribution in [2.45, 2.75) is 6.18 Å². The van der Waals surface area contributed by atoms with Crippen LogP contribution in [0.1, 0.15) is 5.56 Å². The highest BCUT2D eigenvalue weighted by Gasteiger charge is 2.30. The number of hydrogen-bond donors (Lipinski definition) is 0. The molecule has 0 amide bonds. The number of rotatable bonds is 2. The number of methoxy groups -OCH3 is 1. The van der Waals surface area contributed by atoms with Crippen molar-refractivity contribution < 1.29 is 17.9 Å². The average molecular weight is 321 g/mol. The number of nitrogens with zero attached hydrogens (tertiary/aromatic N) is 2. The number of benzene rings is 1. The van der Waals surface area contributed by atoms with Gasteiger partial charge < -0.3 is 4.74 Å². The molecular weight excluding hydrogens is 313 g/mol. The number of imidazole rings is 1. The molecule has 0 aliphatic heterocycles. The van der Waals surface area contributed by atoms with Gasteiger partial charge in [-0.05, 0) is 40.2 Å². The van der Waals surface area contributed by atoms with Crippen LogP contribution in [0.25, 0.3) is 5.69 Å². The van der Waals surface area contributed by atoms with E-state index in [1.807, 2.05) is 0 Å². The summed E-state index contributed by atoms with van der Waals surface area (Å²) in [6.45, 7) is 0. The topological polar surface area (TPSA) is 27.1 Å². The van der Waals surface area contributed by atoms with Gasteiger partial charge in [-0.15, -0.1) is 0 Å². The van der Waals surface area contributed by atoms with E-state index in [9.17, 15) is 13.2 Å². The standard InChI is InChI=1S/C11H8BrF3N2O/c1-18-10-16-6-9(12)17(10)8-4-2-7(3-5-8)11(13,14)15/h2-6H,1H3. The Labute approximate surface area is 109 Å². The third-order valence-electron chi connectivity index (χ3n) is 2.32. The maximum absolute atomic E-state index is 12.4. The summed E-state index contributed by atoms with van der Waals surface area (Å²) >= 11 is 3.25. The number of halogens is 4. The van der Waals surface area contributed by atoms with Crippen LogP contribution in [0, 0.1) is 0 Å². The molecule has 0 N–H and O–H groups in total. The van der Waals surface area contributed by atoms with E-state index < -0.39 is 11.7 Å². The number of aromatic nitrogens is 2. The molecule has 2 aromatic rings. The molecule has 1 aromatic heterocycles. The highest BCUT2D eigenvalue weighted by atomic mass is 79.9. The third kappa shape index (κ3) is 2.35. The molecule has 96 valence electrons. The van der Waals surface area contributed by atoms with Crippen LogP contribution >= 0.6 is 15.9 Å². The van der Waals surface area contributed by atoms with Gasteiger partial charge in [0.2, 0.25) is 0 Å². The van der Waals surface area contributed by atoms with Crippen molar-refractivity contribution in [2.75, 3.05) is 7.11 Å². The molecule has 1 heterocycles. The predicted molar refractivity (Wildman–Crippen MR) is 62.8 cm³/mol. The molecule has 1 aromatic carbocycles. The highest BCUT2D eigenvalue weighted by molar-refractivity contribution is 9.10. The molecule has 0 spiro atoms. The zero-order chi connectivity index (χ0) is 13.3. The van der Waals surface area contributed by atoms with Gasteiger partial charge >= 0.3 is 12.2 Å². The summed E-state index contributed by atoms with van der Waals surface area (Å²) in [7, 11) is 1.44. The van der Waals surface area contributed by atoms with Crippen LogP contribution in [-0.2, 0) is 6.18 Å². The van der Waals surface area contributed by atoms with Crippen LogP contribution in [0.2, 0.25) is 0 Å². The van der Waals surface area contributed by atoms with Crippen LogP contribution in [0.5, 0.6) is 6.01 Å². The highest BCUT2D eigenvalue weighted by Crippen LogP contribution is 2.31. The van der Waals surface area contributed by atoms with Gasteiger partial charge in [-0.1, -0.05) is 0 Å². The van der Waals surface area contributed by atoms with Crippen LogP contribution in [0.3, 0.4) is 0 Å². The van der Waals surface area contributed by atoms with Gasteiger partial charge in [-0.3, -0.25) is 4.57 Å². The summed E-state index contributed by atoms with van der Waals surface area (Å²) in [4.78, 5) is 3.95. The molecule has 3 nitrogen and oxygen atoms in total. The van der Waals surface area contributed by atoms with Gasteiger partial charge in [0.05, 0.1) is 24.6 Å². The van der Waals surface area contributed by atoms with E-state index in [-0.39, 0.29) is 0 Å². The molecule has 7 heteroatoms. The van der Waals surface area contributed by atoms with E-state index in [2.05, 4.69) is 20.9 Å². The van der Waals surface area contributed by atoms with Crippen molar-refractivity contribution in [3.8, 4) is 11.7 Å². The molecule has 0 radical (unpaired) electrons. The van der Waals surface area contributed by atoms with Crippen molar-refractivity contribution in [3.63, 3.8) is 0 Å². The predicted octanol–water partition coefficient (Wildman–Crippen LogP) is 3.66. The summed E-state index contributed by atoms with van der Waals surface area (Å²) in [5.41, 5.74) is -0.161. The van der Waals surface area contributed by atoms with Crippen molar-refractivity contribution in [1.29, 1.82) is 0 Å². The Morgan fingerprint density at radius 3 is 2.33 bits per heavy atom. The summed E-state index contributed by atoms with van der Waals surface area (Å²) in [6.07, 6.45) is -2.83. The molecule has 0 saturated heterocycles. The lowest BCUT2D eigenvalue weighted by molar-refractivity contribution is -0.137. The van der Waals surface area contributed by atoms with Crippen LogP contribution in [0.4, 0.5) is 13.2 Å². The van der Waals surface area contributed by atoms with Crippen LogP contribution in [0.15, 0.2) is 35.1 Å². The Balaban J connectivity index is 2.43. The first-order valence-electron chi connectivity index (χ1n) is 4.88. The fourth-order valence-corrected chi connectivity index (χ4v) is 1.95. The quantitative estimate of drug-likeness (QED) is 0.844. The summed E-state index contributed by atoms with van der Waals surface area (Å²) in [6, 6.07) is 5.04. The van der Waals surface area contributed by atoms with Crippen molar-refractivity contribution in [1.82, 2.24) is 9.55 Å². The molecule has 0 bridgehead atoms. The molecule has 0 aliphatic carbocycles. The zero-order valence-electron chi connectivity index (χ0n) is 9.20. The second-order valence-electron chi connectivity index (χ2n) is 3.45. The van der Waals surface area contributed by atoms with Gasteiger partial charge in [0.15, 0.2) is 0 Å². The second-order valence-corrected chi connectivity index (χ2v) is 4.26. The van der Waals surface area contributed by atoms with E-state index >= 15 is 0 Å². The van der Waals surface area contributed by atoms with Crippen LogP contribution < -0.4 is 4.74 Å². The fraction of sp³-hybridized carbons (Fsp3) is 0.182.